The van der Waals surface area contributed by atoms with Gasteiger partial charge in [-0.2, -0.15) is 0 Å². The van der Waals surface area contributed by atoms with E-state index in [0.717, 1.165) is 6.42 Å². The zero-order valence-electron chi connectivity index (χ0n) is 9.27. The van der Waals surface area contributed by atoms with E-state index in [4.69, 9.17) is 6.42 Å². The molecule has 1 rings (SSSR count). The predicted molar refractivity (Wildman–Crippen MR) is 58.2 cm³/mol. The molecule has 16 heavy (non-hydrogen) atoms. The number of amides is 2. The van der Waals surface area contributed by atoms with Gasteiger partial charge in [0.1, 0.15) is 5.92 Å². The lowest BCUT2D eigenvalue weighted by molar-refractivity contribution is -0.139. The molecule has 0 aromatic rings. The summed E-state index contributed by atoms with van der Waals surface area (Å²) in [4.78, 5) is 24.6. The molecular weight excluding hydrogens is 208 g/mol. The Kier molecular flexibility index (Phi) is 4.32. The number of likely N-dealkylation sites (tertiary alicyclic amines) is 1. The molecule has 1 heterocycles. The molecule has 1 saturated heterocycles. The Bertz CT molecular complexity index is 322. The second-order valence-corrected chi connectivity index (χ2v) is 3.76. The monoisotopic (exact) mass is 224 g/mol. The number of β-amino-alcohol motifs (C(OH)–C–C–N with tert-alkyl or cyclic N) is 1. The molecule has 5 heteroatoms. The van der Waals surface area contributed by atoms with E-state index < -0.39 is 17.9 Å². The SMILES string of the molecule is C#CCN1CC(O)C(C(=O)NCCC)C1=O. The number of nitrogens with zero attached hydrogens (tertiary/aromatic N) is 1. The van der Waals surface area contributed by atoms with Gasteiger partial charge in [-0.25, -0.2) is 0 Å². The van der Waals surface area contributed by atoms with Crippen LogP contribution in [0.15, 0.2) is 0 Å². The molecule has 0 radical (unpaired) electrons. The van der Waals surface area contributed by atoms with Gasteiger partial charge in [-0.05, 0) is 6.42 Å². The minimum Gasteiger partial charge on any atom is -0.390 e. The number of aliphatic hydroxyl groups excluding tert-OH is 1. The lowest BCUT2D eigenvalue weighted by Crippen LogP contribution is -2.40. The maximum absolute atomic E-state index is 11.7. The maximum Gasteiger partial charge on any atom is 0.238 e. The zero-order chi connectivity index (χ0) is 12.1. The maximum atomic E-state index is 11.7. The summed E-state index contributed by atoms with van der Waals surface area (Å²) in [6.07, 6.45) is 4.92. The number of terminal acetylenes is 1. The molecular formula is C11H16N2O3. The first-order valence-electron chi connectivity index (χ1n) is 5.29. The van der Waals surface area contributed by atoms with Crippen molar-refractivity contribution < 1.29 is 14.7 Å². The average molecular weight is 224 g/mol. The summed E-state index contributed by atoms with van der Waals surface area (Å²) in [5.74, 6) is 0.518. The highest BCUT2D eigenvalue weighted by molar-refractivity contribution is 6.02. The van der Waals surface area contributed by atoms with E-state index in [1.54, 1.807) is 0 Å². The second kappa shape index (κ2) is 5.52. The van der Waals surface area contributed by atoms with E-state index in [0.29, 0.717) is 6.54 Å². The Hall–Kier alpha value is -1.54. The number of carbonyl (C=O) groups is 2. The first-order valence-corrected chi connectivity index (χ1v) is 5.29. The van der Waals surface area contributed by atoms with Crippen molar-refractivity contribution in [2.24, 2.45) is 5.92 Å². The molecule has 0 spiro atoms. The quantitative estimate of drug-likeness (QED) is 0.473. The largest absolute Gasteiger partial charge is 0.390 e. The molecule has 2 atom stereocenters. The van der Waals surface area contributed by atoms with Crippen LogP contribution in [0.1, 0.15) is 13.3 Å². The van der Waals surface area contributed by atoms with E-state index in [9.17, 15) is 14.7 Å². The Labute approximate surface area is 94.8 Å². The molecule has 2 unspecified atom stereocenters. The van der Waals surface area contributed by atoms with Crippen molar-refractivity contribution in [2.45, 2.75) is 19.4 Å². The number of hydrogen-bond acceptors (Lipinski definition) is 3. The fraction of sp³-hybridized carbons (Fsp3) is 0.636. The van der Waals surface area contributed by atoms with Crippen LogP contribution in [0.4, 0.5) is 0 Å². The minimum atomic E-state index is -1.00. The third-order valence-corrected chi connectivity index (χ3v) is 2.48. The topological polar surface area (TPSA) is 69.6 Å². The van der Waals surface area contributed by atoms with Gasteiger partial charge in [-0.3, -0.25) is 9.59 Å². The van der Waals surface area contributed by atoms with Crippen molar-refractivity contribution in [3.05, 3.63) is 0 Å². The standard InChI is InChI=1S/C11H16N2O3/c1-3-5-12-10(15)9-8(14)7-13(6-4-2)11(9)16/h2,8-9,14H,3,5-7H2,1H3,(H,12,15). The Morgan fingerprint density at radius 1 is 1.75 bits per heavy atom. The lowest BCUT2D eigenvalue weighted by Gasteiger charge is -2.12. The van der Waals surface area contributed by atoms with Gasteiger partial charge >= 0.3 is 0 Å². The van der Waals surface area contributed by atoms with E-state index in [2.05, 4.69) is 11.2 Å². The van der Waals surface area contributed by atoms with Gasteiger partial charge in [-0.1, -0.05) is 12.8 Å². The van der Waals surface area contributed by atoms with Gasteiger partial charge in [0.05, 0.1) is 12.6 Å². The van der Waals surface area contributed by atoms with E-state index in [-0.39, 0.29) is 19.0 Å². The van der Waals surface area contributed by atoms with Crippen LogP contribution in [-0.2, 0) is 9.59 Å². The Morgan fingerprint density at radius 3 is 3.00 bits per heavy atom. The van der Waals surface area contributed by atoms with Gasteiger partial charge in [0.25, 0.3) is 0 Å². The predicted octanol–water partition coefficient (Wildman–Crippen LogP) is -1.03. The van der Waals surface area contributed by atoms with Gasteiger partial charge in [-0.15, -0.1) is 6.42 Å². The summed E-state index contributed by atoms with van der Waals surface area (Å²) in [5.41, 5.74) is 0. The summed E-state index contributed by atoms with van der Waals surface area (Å²) in [6.45, 7) is 2.68. The number of nitrogens with one attached hydrogen (secondary N) is 1. The third-order valence-electron chi connectivity index (χ3n) is 2.48. The van der Waals surface area contributed by atoms with E-state index in [1.807, 2.05) is 6.92 Å². The second-order valence-electron chi connectivity index (χ2n) is 3.76. The van der Waals surface area contributed by atoms with E-state index in [1.165, 1.54) is 4.90 Å². The summed E-state index contributed by atoms with van der Waals surface area (Å²) in [6, 6.07) is 0. The lowest BCUT2D eigenvalue weighted by atomic mass is 10.1. The van der Waals surface area contributed by atoms with Crippen LogP contribution in [0, 0.1) is 18.3 Å². The molecule has 2 N–H and O–H groups in total. The first kappa shape index (κ1) is 12.5. The average Bonchev–Trinajstić information content (AvgIpc) is 2.52. The molecule has 1 aliphatic heterocycles. The highest BCUT2D eigenvalue weighted by atomic mass is 16.3. The first-order chi connectivity index (χ1) is 7.61. The minimum absolute atomic E-state index is 0.132. The van der Waals surface area contributed by atoms with Gasteiger partial charge < -0.3 is 15.3 Å². The molecule has 0 bridgehead atoms. The molecule has 2 amide bonds. The molecule has 1 fully saturated rings. The summed E-state index contributed by atoms with van der Waals surface area (Å²) in [5, 5.41) is 12.2. The fourth-order valence-electron chi connectivity index (χ4n) is 1.68. The van der Waals surface area contributed by atoms with Gasteiger partial charge in [0.2, 0.25) is 11.8 Å². The van der Waals surface area contributed by atoms with Crippen molar-refractivity contribution in [1.29, 1.82) is 0 Å². The molecule has 0 aromatic carbocycles. The summed E-state index contributed by atoms with van der Waals surface area (Å²) >= 11 is 0. The van der Waals surface area contributed by atoms with Crippen LogP contribution in [0.3, 0.4) is 0 Å². The number of hydrogen-bond donors (Lipinski definition) is 2. The van der Waals surface area contributed by atoms with Crippen molar-refractivity contribution >= 4 is 11.8 Å². The number of aliphatic hydroxyl groups is 1. The third kappa shape index (κ3) is 2.52. The van der Waals surface area contributed by atoms with Crippen molar-refractivity contribution in [3.8, 4) is 12.3 Å². The number of rotatable bonds is 4. The highest BCUT2D eigenvalue weighted by Gasteiger charge is 2.43. The molecule has 0 aromatic heterocycles. The van der Waals surface area contributed by atoms with E-state index >= 15 is 0 Å². The van der Waals surface area contributed by atoms with Crippen LogP contribution < -0.4 is 5.32 Å². The zero-order valence-corrected chi connectivity index (χ0v) is 9.27. The fourth-order valence-corrected chi connectivity index (χ4v) is 1.68. The summed E-state index contributed by atoms with van der Waals surface area (Å²) < 4.78 is 0. The Morgan fingerprint density at radius 2 is 2.44 bits per heavy atom. The van der Waals surface area contributed by atoms with Crippen molar-refractivity contribution in [2.75, 3.05) is 19.6 Å². The van der Waals surface area contributed by atoms with Crippen LogP contribution in [0.2, 0.25) is 0 Å². The molecule has 5 nitrogen and oxygen atoms in total. The van der Waals surface area contributed by atoms with Crippen LogP contribution in [-0.4, -0.2) is 47.6 Å². The van der Waals surface area contributed by atoms with Crippen molar-refractivity contribution in [1.82, 2.24) is 10.2 Å². The Balaban J connectivity index is 2.64. The molecule has 1 aliphatic rings. The molecule has 0 aliphatic carbocycles. The number of carbonyl (C=O) groups excluding carboxylic acids is 2. The highest BCUT2D eigenvalue weighted by Crippen LogP contribution is 2.18. The summed E-state index contributed by atoms with van der Waals surface area (Å²) in [7, 11) is 0. The molecule has 0 saturated carbocycles. The van der Waals surface area contributed by atoms with Crippen molar-refractivity contribution in [3.63, 3.8) is 0 Å². The smallest absolute Gasteiger partial charge is 0.238 e. The molecule has 88 valence electrons. The van der Waals surface area contributed by atoms with Gasteiger partial charge in [0.15, 0.2) is 0 Å². The van der Waals surface area contributed by atoms with Gasteiger partial charge in [0, 0.05) is 13.1 Å². The van der Waals surface area contributed by atoms with Crippen LogP contribution in [0.5, 0.6) is 0 Å². The van der Waals surface area contributed by atoms with Crippen LogP contribution >= 0.6 is 0 Å². The van der Waals surface area contributed by atoms with Crippen LogP contribution in [0.25, 0.3) is 0 Å². The normalized spacial score (nSPS) is 24.3.